The standard InChI is InChI=1S/C31H52O8/c1-16(2)29(37)20(6)25(34)14-22(33)13-21(32)9-8-17(3)23-10-11-31(7)27(36)15-26(35)19(5)28(31)24(23)12-18(4)30(38)39/h8,10-12,16,19-29,32-37H,9,13-15H2,1-7H3,(H,38,39)/b17-8+,18-12+/t19-,20-,21-,22+,23-,24-,25+,26+,27+,28+,29-,31+/m0/s1. The lowest BCUT2D eigenvalue weighted by Crippen LogP contribution is -2.55. The molecule has 7 N–H and O–H groups in total. The second kappa shape index (κ2) is 13.9. The maximum Gasteiger partial charge on any atom is 0.330 e. The number of hydrogen-bond donors (Lipinski definition) is 7. The van der Waals surface area contributed by atoms with Crippen LogP contribution in [0.25, 0.3) is 0 Å². The van der Waals surface area contributed by atoms with Gasteiger partial charge in [0.05, 0.1) is 36.6 Å². The highest BCUT2D eigenvalue weighted by Crippen LogP contribution is 2.55. The van der Waals surface area contributed by atoms with E-state index in [9.17, 15) is 40.5 Å². The third-order valence-corrected chi connectivity index (χ3v) is 9.47. The lowest BCUT2D eigenvalue weighted by atomic mass is 9.51. The molecule has 0 bridgehead atoms. The molecule has 224 valence electrons. The van der Waals surface area contributed by atoms with Crippen LogP contribution in [0.15, 0.2) is 35.5 Å². The molecule has 2 aliphatic rings. The van der Waals surface area contributed by atoms with Gasteiger partial charge >= 0.3 is 5.97 Å². The third-order valence-electron chi connectivity index (χ3n) is 9.47. The van der Waals surface area contributed by atoms with E-state index >= 15 is 0 Å². The average Bonchev–Trinajstić information content (AvgIpc) is 2.84. The van der Waals surface area contributed by atoms with Gasteiger partial charge in [-0.3, -0.25) is 0 Å². The summed E-state index contributed by atoms with van der Waals surface area (Å²) in [6.07, 6.45) is 3.51. The highest BCUT2D eigenvalue weighted by molar-refractivity contribution is 5.85. The van der Waals surface area contributed by atoms with Crippen LogP contribution in [0.4, 0.5) is 0 Å². The Morgan fingerprint density at radius 1 is 1.05 bits per heavy atom. The van der Waals surface area contributed by atoms with Crippen molar-refractivity contribution in [2.24, 2.45) is 40.9 Å². The first kappa shape index (κ1) is 33.7. The Morgan fingerprint density at radius 3 is 2.23 bits per heavy atom. The first-order valence-corrected chi connectivity index (χ1v) is 14.4. The third kappa shape index (κ3) is 8.02. The van der Waals surface area contributed by atoms with Gasteiger partial charge in [0.15, 0.2) is 0 Å². The Labute approximate surface area is 233 Å². The monoisotopic (exact) mass is 552 g/mol. The first-order chi connectivity index (χ1) is 18.0. The van der Waals surface area contributed by atoms with E-state index in [0.29, 0.717) is 0 Å². The molecule has 0 radical (unpaired) electrons. The Balaban J connectivity index is 2.19. The minimum Gasteiger partial charge on any atom is -0.478 e. The highest BCUT2D eigenvalue weighted by Gasteiger charge is 2.54. The van der Waals surface area contributed by atoms with Gasteiger partial charge in [0.25, 0.3) is 0 Å². The fraction of sp³-hybridized carbons (Fsp3) is 0.774. The van der Waals surface area contributed by atoms with E-state index in [2.05, 4.69) is 0 Å². The number of rotatable bonds is 12. The van der Waals surface area contributed by atoms with E-state index in [1.54, 1.807) is 19.9 Å². The van der Waals surface area contributed by atoms with Gasteiger partial charge in [-0.1, -0.05) is 64.5 Å². The molecule has 2 rings (SSSR count). The maximum atomic E-state index is 11.7. The molecule has 2 aliphatic carbocycles. The number of carboxylic acid groups (broad SMARTS) is 1. The predicted octanol–water partition coefficient (Wildman–Crippen LogP) is 3.06. The molecule has 0 heterocycles. The number of allylic oxidation sites excluding steroid dienone is 3. The van der Waals surface area contributed by atoms with Crippen molar-refractivity contribution < 1.29 is 40.5 Å². The number of fused-ring (bicyclic) bond motifs is 1. The summed E-state index contributed by atoms with van der Waals surface area (Å²) in [7, 11) is 0. The number of aliphatic hydroxyl groups is 6. The molecule has 8 heteroatoms. The zero-order valence-electron chi connectivity index (χ0n) is 24.6. The number of carbonyl (C=O) groups is 1. The number of carboxylic acids is 1. The predicted molar refractivity (Wildman–Crippen MR) is 151 cm³/mol. The summed E-state index contributed by atoms with van der Waals surface area (Å²) in [6.45, 7) is 12.9. The molecular weight excluding hydrogens is 500 g/mol. The van der Waals surface area contributed by atoms with Gasteiger partial charge in [-0.05, 0) is 56.8 Å². The van der Waals surface area contributed by atoms with Crippen molar-refractivity contribution in [3.8, 4) is 0 Å². The number of aliphatic hydroxyl groups excluding tert-OH is 6. The van der Waals surface area contributed by atoms with Crippen LogP contribution in [0.2, 0.25) is 0 Å². The van der Waals surface area contributed by atoms with Gasteiger partial charge in [0, 0.05) is 29.2 Å². The molecule has 1 saturated carbocycles. The van der Waals surface area contributed by atoms with Crippen molar-refractivity contribution in [2.45, 2.75) is 111 Å². The van der Waals surface area contributed by atoms with Crippen molar-refractivity contribution in [1.82, 2.24) is 0 Å². The van der Waals surface area contributed by atoms with Crippen LogP contribution in [0.3, 0.4) is 0 Å². The second-order valence-corrected chi connectivity index (χ2v) is 12.8. The smallest absolute Gasteiger partial charge is 0.330 e. The van der Waals surface area contributed by atoms with Gasteiger partial charge in [-0.25, -0.2) is 4.79 Å². The van der Waals surface area contributed by atoms with Crippen LogP contribution in [-0.2, 0) is 4.79 Å². The molecule has 0 spiro atoms. The summed E-state index contributed by atoms with van der Waals surface area (Å²) in [6, 6.07) is 0. The Bertz CT molecular complexity index is 910. The van der Waals surface area contributed by atoms with E-state index in [4.69, 9.17) is 0 Å². The molecule has 12 atom stereocenters. The summed E-state index contributed by atoms with van der Waals surface area (Å²) < 4.78 is 0. The minimum atomic E-state index is -1.02. The number of aliphatic carboxylic acids is 1. The molecule has 8 nitrogen and oxygen atoms in total. The van der Waals surface area contributed by atoms with Crippen molar-refractivity contribution in [2.75, 3.05) is 0 Å². The molecule has 1 fully saturated rings. The summed E-state index contributed by atoms with van der Waals surface area (Å²) in [5.41, 5.74) is 0.521. The summed E-state index contributed by atoms with van der Waals surface area (Å²) >= 11 is 0. The van der Waals surface area contributed by atoms with Crippen LogP contribution in [-0.4, -0.2) is 78.3 Å². The molecule has 0 unspecified atom stereocenters. The van der Waals surface area contributed by atoms with Gasteiger partial charge in [-0.15, -0.1) is 0 Å². The van der Waals surface area contributed by atoms with Crippen LogP contribution in [0, 0.1) is 40.9 Å². The van der Waals surface area contributed by atoms with Crippen molar-refractivity contribution >= 4 is 5.97 Å². The molecule has 0 aromatic carbocycles. The van der Waals surface area contributed by atoms with Crippen molar-refractivity contribution in [1.29, 1.82) is 0 Å². The normalized spacial score (nSPS) is 35.7. The molecule has 0 saturated heterocycles. The molecule has 0 aliphatic heterocycles. The van der Waals surface area contributed by atoms with Gasteiger partial charge in [0.1, 0.15) is 0 Å². The van der Waals surface area contributed by atoms with E-state index in [1.165, 1.54) is 0 Å². The lowest BCUT2D eigenvalue weighted by molar-refractivity contribution is -0.132. The zero-order valence-corrected chi connectivity index (χ0v) is 24.6. The average molecular weight is 553 g/mol. The first-order valence-electron chi connectivity index (χ1n) is 14.4. The molecular formula is C31H52O8. The van der Waals surface area contributed by atoms with E-state index in [-0.39, 0.29) is 60.8 Å². The summed E-state index contributed by atoms with van der Waals surface area (Å²) in [5.74, 6) is -2.25. The van der Waals surface area contributed by atoms with Crippen LogP contribution in [0.1, 0.15) is 74.1 Å². The Kier molecular flexibility index (Phi) is 12.0. The molecule has 0 aromatic rings. The van der Waals surface area contributed by atoms with Crippen LogP contribution >= 0.6 is 0 Å². The Hall–Kier alpha value is -1.55. The SMILES string of the molecule is C/C(=C\[C@@H]1[C@H]2[C@@H](C)[C@H](O)C[C@@H](O)[C@@]2(C)C=C[C@H]1/C(C)=C/C[C@H](O)C[C@@H](O)C[C@@H](O)[C@H](C)[C@@H](O)C(C)C)C(=O)O. The summed E-state index contributed by atoms with van der Waals surface area (Å²) in [4.78, 5) is 11.7. The minimum absolute atomic E-state index is 0.0155. The van der Waals surface area contributed by atoms with Crippen molar-refractivity contribution in [3.05, 3.63) is 35.5 Å². The largest absolute Gasteiger partial charge is 0.478 e. The fourth-order valence-corrected chi connectivity index (χ4v) is 6.69. The van der Waals surface area contributed by atoms with Crippen molar-refractivity contribution in [3.63, 3.8) is 0 Å². The van der Waals surface area contributed by atoms with E-state index in [0.717, 1.165) is 5.57 Å². The van der Waals surface area contributed by atoms with Crippen LogP contribution < -0.4 is 0 Å². The van der Waals surface area contributed by atoms with E-state index in [1.807, 2.05) is 52.8 Å². The fourth-order valence-electron chi connectivity index (χ4n) is 6.69. The highest BCUT2D eigenvalue weighted by atomic mass is 16.4. The van der Waals surface area contributed by atoms with Gasteiger partial charge in [0.2, 0.25) is 0 Å². The molecule has 0 aromatic heterocycles. The Morgan fingerprint density at radius 2 is 1.67 bits per heavy atom. The van der Waals surface area contributed by atoms with Gasteiger partial charge < -0.3 is 35.7 Å². The van der Waals surface area contributed by atoms with E-state index < -0.39 is 53.9 Å². The molecule has 0 amide bonds. The molecule has 39 heavy (non-hydrogen) atoms. The number of hydrogen-bond acceptors (Lipinski definition) is 7. The summed E-state index contributed by atoms with van der Waals surface area (Å²) in [5, 5.41) is 72.9. The maximum absolute atomic E-state index is 11.7. The van der Waals surface area contributed by atoms with Gasteiger partial charge in [-0.2, -0.15) is 0 Å². The van der Waals surface area contributed by atoms with Crippen LogP contribution in [0.5, 0.6) is 0 Å². The lowest BCUT2D eigenvalue weighted by Gasteiger charge is -2.55. The topological polar surface area (TPSA) is 159 Å². The zero-order chi connectivity index (χ0) is 29.8. The quantitative estimate of drug-likeness (QED) is 0.144. The second-order valence-electron chi connectivity index (χ2n) is 12.8.